The van der Waals surface area contributed by atoms with Gasteiger partial charge in [-0.15, -0.1) is 0 Å². The molecular weight excluding hydrogens is 443 g/mol. The molecule has 1 aromatic rings. The molecule has 1 aromatic carbocycles. The van der Waals surface area contributed by atoms with E-state index in [1.54, 1.807) is 19.2 Å². The minimum atomic E-state index is -0.298. The monoisotopic (exact) mass is 486 g/mol. The first-order valence-electron chi connectivity index (χ1n) is 13.8. The van der Waals surface area contributed by atoms with E-state index < -0.39 is 0 Å². The Bertz CT molecular complexity index is 814. The van der Waals surface area contributed by atoms with Crippen molar-refractivity contribution in [3.8, 4) is 0 Å². The molecule has 3 aliphatic rings. The Balaban J connectivity index is 1.09. The van der Waals surface area contributed by atoms with Crippen molar-refractivity contribution in [2.75, 3.05) is 26.7 Å². The summed E-state index contributed by atoms with van der Waals surface area (Å²) >= 11 is 0. The standard InChI is InChI=1S/C29H43FN2O3/c1-35-27-4-2-3-22(19-27)20-28(33)31-26-11-5-21(6-12-26)13-16-32-17-14-24(15-18-32)29(34)23-7-9-25(30)10-8-23/h7-10,21-22,24,26-27H,2-6,11-20H2,1H3,(H,31,33). The van der Waals surface area contributed by atoms with Crippen molar-refractivity contribution in [3.05, 3.63) is 35.6 Å². The Morgan fingerprint density at radius 2 is 1.69 bits per heavy atom. The zero-order valence-corrected chi connectivity index (χ0v) is 21.4. The number of carbonyl (C=O) groups is 2. The molecule has 0 radical (unpaired) electrons. The number of rotatable bonds is 9. The molecule has 1 saturated heterocycles. The van der Waals surface area contributed by atoms with Gasteiger partial charge in [-0.1, -0.05) is 6.42 Å². The molecule has 194 valence electrons. The summed E-state index contributed by atoms with van der Waals surface area (Å²) in [5.41, 5.74) is 0.631. The van der Waals surface area contributed by atoms with Crippen LogP contribution in [0.25, 0.3) is 0 Å². The summed E-state index contributed by atoms with van der Waals surface area (Å²) in [5, 5.41) is 3.31. The smallest absolute Gasteiger partial charge is 0.220 e. The molecule has 2 unspecified atom stereocenters. The highest BCUT2D eigenvalue weighted by Gasteiger charge is 2.28. The Morgan fingerprint density at radius 1 is 0.971 bits per heavy atom. The number of methoxy groups -OCH3 is 1. The van der Waals surface area contributed by atoms with Crippen molar-refractivity contribution in [3.63, 3.8) is 0 Å². The predicted octanol–water partition coefficient (Wildman–Crippen LogP) is 5.38. The summed E-state index contributed by atoms with van der Waals surface area (Å²) in [5.74, 6) is 1.36. The number of piperidine rings is 1. The molecule has 4 rings (SSSR count). The van der Waals surface area contributed by atoms with Gasteiger partial charge in [-0.2, -0.15) is 0 Å². The number of hydrogen-bond donors (Lipinski definition) is 1. The third-order valence-corrected chi connectivity index (χ3v) is 8.69. The van der Waals surface area contributed by atoms with Gasteiger partial charge in [-0.25, -0.2) is 4.39 Å². The number of nitrogens with one attached hydrogen (secondary N) is 1. The molecule has 1 amide bonds. The quantitative estimate of drug-likeness (QED) is 0.476. The lowest BCUT2D eigenvalue weighted by Crippen LogP contribution is -2.40. The van der Waals surface area contributed by atoms with Gasteiger partial charge in [-0.3, -0.25) is 9.59 Å². The zero-order chi connectivity index (χ0) is 24.6. The molecule has 35 heavy (non-hydrogen) atoms. The highest BCUT2D eigenvalue weighted by molar-refractivity contribution is 5.97. The minimum absolute atomic E-state index is 0.0600. The third kappa shape index (κ3) is 7.85. The number of ether oxygens (including phenoxy) is 1. The molecule has 1 aliphatic heterocycles. The molecule has 6 heteroatoms. The van der Waals surface area contributed by atoms with Crippen molar-refractivity contribution < 1.29 is 18.7 Å². The number of amides is 1. The molecule has 1 heterocycles. The summed E-state index contributed by atoms with van der Waals surface area (Å²) in [6.45, 7) is 3.03. The van der Waals surface area contributed by atoms with E-state index in [0.29, 0.717) is 30.0 Å². The van der Waals surface area contributed by atoms with Crippen LogP contribution in [0.2, 0.25) is 0 Å². The first-order valence-corrected chi connectivity index (χ1v) is 13.8. The average molecular weight is 487 g/mol. The summed E-state index contributed by atoms with van der Waals surface area (Å²) in [6, 6.07) is 6.30. The maximum atomic E-state index is 13.1. The topological polar surface area (TPSA) is 58.6 Å². The maximum absolute atomic E-state index is 13.1. The Morgan fingerprint density at radius 3 is 2.37 bits per heavy atom. The van der Waals surface area contributed by atoms with Gasteiger partial charge < -0.3 is 15.0 Å². The number of halogens is 1. The van der Waals surface area contributed by atoms with Gasteiger partial charge in [0, 0.05) is 31.1 Å². The zero-order valence-electron chi connectivity index (χ0n) is 21.4. The molecule has 2 aliphatic carbocycles. The molecule has 0 spiro atoms. The molecule has 1 N–H and O–H groups in total. The lowest BCUT2D eigenvalue weighted by atomic mass is 9.83. The van der Waals surface area contributed by atoms with E-state index in [-0.39, 0.29) is 23.4 Å². The maximum Gasteiger partial charge on any atom is 0.220 e. The van der Waals surface area contributed by atoms with Crippen LogP contribution in [0, 0.1) is 23.6 Å². The van der Waals surface area contributed by atoms with Crippen LogP contribution in [-0.4, -0.2) is 55.5 Å². The number of likely N-dealkylation sites (tertiary alicyclic amines) is 1. The Kier molecular flexibility index (Phi) is 9.73. The second kappa shape index (κ2) is 13.0. The lowest BCUT2D eigenvalue weighted by Gasteiger charge is -2.34. The number of carbonyl (C=O) groups excluding carboxylic acids is 2. The number of ketones is 1. The normalized spacial score (nSPS) is 28.5. The van der Waals surface area contributed by atoms with Crippen LogP contribution in [-0.2, 0) is 9.53 Å². The van der Waals surface area contributed by atoms with Gasteiger partial charge in [0.05, 0.1) is 6.10 Å². The van der Waals surface area contributed by atoms with E-state index in [4.69, 9.17) is 4.74 Å². The van der Waals surface area contributed by atoms with Crippen LogP contribution in [0.4, 0.5) is 4.39 Å². The van der Waals surface area contributed by atoms with E-state index in [9.17, 15) is 14.0 Å². The molecule has 3 fully saturated rings. The van der Waals surface area contributed by atoms with Crippen LogP contribution in [0.5, 0.6) is 0 Å². The largest absolute Gasteiger partial charge is 0.381 e. The number of nitrogens with zero attached hydrogens (tertiary/aromatic N) is 1. The average Bonchev–Trinajstić information content (AvgIpc) is 2.88. The highest BCUT2D eigenvalue weighted by Crippen LogP contribution is 2.30. The number of Topliss-reactive ketones (excluding diaryl/α,β-unsaturated/α-hetero) is 1. The predicted molar refractivity (Wildman–Crippen MR) is 136 cm³/mol. The van der Waals surface area contributed by atoms with Crippen molar-refractivity contribution in [2.45, 2.75) is 89.2 Å². The van der Waals surface area contributed by atoms with Gasteiger partial charge in [0.1, 0.15) is 5.82 Å². The van der Waals surface area contributed by atoms with Crippen molar-refractivity contribution >= 4 is 11.7 Å². The fourth-order valence-corrected chi connectivity index (χ4v) is 6.42. The van der Waals surface area contributed by atoms with Crippen molar-refractivity contribution in [2.24, 2.45) is 17.8 Å². The van der Waals surface area contributed by atoms with Gasteiger partial charge in [0.25, 0.3) is 0 Å². The fourth-order valence-electron chi connectivity index (χ4n) is 6.42. The SMILES string of the molecule is COC1CCCC(CC(=O)NC2CCC(CCN3CCC(C(=O)c4ccc(F)cc4)CC3)CC2)C1. The Labute approximate surface area is 210 Å². The molecule has 2 saturated carbocycles. The first-order chi connectivity index (χ1) is 17.0. The van der Waals surface area contributed by atoms with Crippen LogP contribution in [0.15, 0.2) is 24.3 Å². The Hall–Kier alpha value is -1.79. The van der Waals surface area contributed by atoms with Gasteiger partial charge >= 0.3 is 0 Å². The van der Waals surface area contributed by atoms with Crippen LogP contribution >= 0.6 is 0 Å². The van der Waals surface area contributed by atoms with E-state index in [1.807, 2.05) is 0 Å². The summed E-state index contributed by atoms with van der Waals surface area (Å²) in [7, 11) is 1.78. The summed E-state index contributed by atoms with van der Waals surface area (Å²) in [4.78, 5) is 27.8. The van der Waals surface area contributed by atoms with E-state index in [2.05, 4.69) is 10.2 Å². The molecular formula is C29H43FN2O3. The lowest BCUT2D eigenvalue weighted by molar-refractivity contribution is -0.123. The van der Waals surface area contributed by atoms with E-state index in [1.165, 1.54) is 37.8 Å². The van der Waals surface area contributed by atoms with Crippen LogP contribution in [0.1, 0.15) is 87.4 Å². The second-order valence-electron chi connectivity index (χ2n) is 11.2. The number of hydrogen-bond acceptors (Lipinski definition) is 4. The van der Waals surface area contributed by atoms with E-state index >= 15 is 0 Å². The van der Waals surface area contributed by atoms with Crippen LogP contribution in [0.3, 0.4) is 0 Å². The van der Waals surface area contributed by atoms with Crippen molar-refractivity contribution in [1.82, 2.24) is 10.2 Å². The van der Waals surface area contributed by atoms with Gasteiger partial charge in [0.2, 0.25) is 5.91 Å². The number of benzene rings is 1. The van der Waals surface area contributed by atoms with Gasteiger partial charge in [-0.05, 0) is 120 Å². The summed E-state index contributed by atoms with van der Waals surface area (Å²) < 4.78 is 18.6. The molecule has 0 bridgehead atoms. The van der Waals surface area contributed by atoms with Gasteiger partial charge in [0.15, 0.2) is 5.78 Å². The highest BCUT2D eigenvalue weighted by atomic mass is 19.1. The van der Waals surface area contributed by atoms with Crippen LogP contribution < -0.4 is 5.32 Å². The van der Waals surface area contributed by atoms with Crippen molar-refractivity contribution in [1.29, 1.82) is 0 Å². The van der Waals surface area contributed by atoms with E-state index in [0.717, 1.165) is 70.5 Å². The summed E-state index contributed by atoms with van der Waals surface area (Å²) in [6.07, 6.45) is 13.0. The third-order valence-electron chi connectivity index (χ3n) is 8.69. The molecule has 2 atom stereocenters. The second-order valence-corrected chi connectivity index (χ2v) is 11.2. The molecule has 0 aromatic heterocycles. The fraction of sp³-hybridized carbons (Fsp3) is 0.724. The first kappa shape index (κ1) is 26.3. The minimum Gasteiger partial charge on any atom is -0.381 e. The molecule has 5 nitrogen and oxygen atoms in total.